The first-order valence-corrected chi connectivity index (χ1v) is 11.6. The maximum atomic E-state index is 13.2. The van der Waals surface area contributed by atoms with Crippen molar-refractivity contribution in [1.82, 2.24) is 19.8 Å². The van der Waals surface area contributed by atoms with Gasteiger partial charge in [0.15, 0.2) is 5.76 Å². The van der Waals surface area contributed by atoms with Crippen molar-refractivity contribution in [3.05, 3.63) is 53.7 Å². The number of carbonyl (C=O) groups excluding carboxylic acids is 1. The van der Waals surface area contributed by atoms with Gasteiger partial charge in [-0.1, -0.05) is 6.07 Å². The third-order valence-electron chi connectivity index (χ3n) is 7.61. The SMILES string of the molecule is Cc1c(-c2cc3cccnc3n2CC2CC2)oc2cc(C(=O)N3CC4N[C@H]4C3C)ccc12. The number of hydrogen-bond acceptors (Lipinski definition) is 4. The van der Waals surface area contributed by atoms with Crippen molar-refractivity contribution in [3.8, 4) is 11.5 Å². The average Bonchev–Trinajstić information content (AvgIpc) is 3.69. The summed E-state index contributed by atoms with van der Waals surface area (Å²) in [7, 11) is 0. The lowest BCUT2D eigenvalue weighted by Gasteiger charge is -2.24. The standard InChI is InChI=1S/C26H26N4O2/c1-14-19-8-7-18(26(31)29-13-20-23(28-20)15(29)2)11-22(19)32-24(14)21-10-17-4-3-9-27-25(17)30(21)12-16-5-6-16/h3-4,7-11,15-16,20,23,28H,5-6,12-13H2,1-2H3/t15?,20?,23-/m0/s1. The van der Waals surface area contributed by atoms with Crippen molar-refractivity contribution < 1.29 is 9.21 Å². The number of furan rings is 1. The van der Waals surface area contributed by atoms with E-state index < -0.39 is 0 Å². The molecule has 5 heterocycles. The van der Waals surface area contributed by atoms with Gasteiger partial charge < -0.3 is 19.2 Å². The van der Waals surface area contributed by atoms with Crippen molar-refractivity contribution in [3.63, 3.8) is 0 Å². The van der Waals surface area contributed by atoms with E-state index in [9.17, 15) is 4.79 Å². The van der Waals surface area contributed by atoms with Crippen LogP contribution in [0, 0.1) is 12.8 Å². The lowest BCUT2D eigenvalue weighted by atomic mass is 10.1. The van der Waals surface area contributed by atoms with Crippen LogP contribution >= 0.6 is 0 Å². The molecule has 1 aromatic carbocycles. The fraction of sp³-hybridized carbons (Fsp3) is 0.385. The van der Waals surface area contributed by atoms with Crippen LogP contribution < -0.4 is 5.32 Å². The lowest BCUT2D eigenvalue weighted by Crippen LogP contribution is -2.40. The molecule has 7 rings (SSSR count). The molecule has 1 amide bonds. The quantitative estimate of drug-likeness (QED) is 0.492. The Bertz CT molecular complexity index is 1400. The Morgan fingerprint density at radius 1 is 1.25 bits per heavy atom. The van der Waals surface area contributed by atoms with Gasteiger partial charge >= 0.3 is 0 Å². The second-order valence-electron chi connectivity index (χ2n) is 9.76. The maximum Gasteiger partial charge on any atom is 0.254 e. The molecule has 3 aromatic heterocycles. The van der Waals surface area contributed by atoms with Gasteiger partial charge in [-0.05, 0) is 62.9 Å². The van der Waals surface area contributed by atoms with Gasteiger partial charge in [-0.2, -0.15) is 0 Å². The highest BCUT2D eigenvalue weighted by Gasteiger charge is 2.51. The van der Waals surface area contributed by atoms with Gasteiger partial charge in [-0.3, -0.25) is 4.79 Å². The van der Waals surface area contributed by atoms with Gasteiger partial charge in [0.1, 0.15) is 11.2 Å². The monoisotopic (exact) mass is 426 g/mol. The molecule has 0 radical (unpaired) electrons. The predicted molar refractivity (Wildman–Crippen MR) is 124 cm³/mol. The first kappa shape index (κ1) is 18.5. The zero-order valence-electron chi connectivity index (χ0n) is 18.3. The van der Waals surface area contributed by atoms with Gasteiger partial charge in [-0.25, -0.2) is 4.98 Å². The van der Waals surface area contributed by atoms with E-state index in [1.165, 1.54) is 12.8 Å². The Morgan fingerprint density at radius 3 is 2.91 bits per heavy atom. The predicted octanol–water partition coefficient (Wildman–Crippen LogP) is 4.35. The number of nitrogens with one attached hydrogen (secondary N) is 1. The summed E-state index contributed by atoms with van der Waals surface area (Å²) in [6.07, 6.45) is 4.42. The minimum absolute atomic E-state index is 0.0936. The van der Waals surface area contributed by atoms with E-state index in [4.69, 9.17) is 4.42 Å². The summed E-state index contributed by atoms with van der Waals surface area (Å²) < 4.78 is 8.75. The van der Waals surface area contributed by atoms with Crippen molar-refractivity contribution in [2.45, 2.75) is 51.4 Å². The van der Waals surface area contributed by atoms with Crippen LogP contribution in [0.25, 0.3) is 33.5 Å². The van der Waals surface area contributed by atoms with Crippen LogP contribution in [0.15, 0.2) is 47.0 Å². The highest BCUT2D eigenvalue weighted by atomic mass is 16.3. The number of rotatable bonds is 4. The van der Waals surface area contributed by atoms with E-state index in [2.05, 4.69) is 40.8 Å². The van der Waals surface area contributed by atoms with E-state index in [-0.39, 0.29) is 11.9 Å². The summed E-state index contributed by atoms with van der Waals surface area (Å²) in [6, 6.07) is 13.4. The van der Waals surface area contributed by atoms with E-state index in [0.717, 1.165) is 58.0 Å². The zero-order chi connectivity index (χ0) is 21.6. The van der Waals surface area contributed by atoms with E-state index >= 15 is 0 Å². The Labute approximate surface area is 186 Å². The number of nitrogens with zero attached hydrogens (tertiary/aromatic N) is 3. The van der Waals surface area contributed by atoms with Gasteiger partial charge in [0, 0.05) is 59.3 Å². The molecule has 2 unspecified atom stereocenters. The number of hydrogen-bond donors (Lipinski definition) is 1. The third kappa shape index (κ3) is 2.69. The average molecular weight is 427 g/mol. The smallest absolute Gasteiger partial charge is 0.254 e. The number of carbonyl (C=O) groups is 1. The number of aromatic nitrogens is 2. The van der Waals surface area contributed by atoms with Gasteiger partial charge in [-0.15, -0.1) is 0 Å². The molecule has 1 saturated carbocycles. The second-order valence-corrected chi connectivity index (χ2v) is 9.76. The van der Waals surface area contributed by atoms with Gasteiger partial charge in [0.25, 0.3) is 5.91 Å². The molecule has 6 nitrogen and oxygen atoms in total. The molecule has 1 N–H and O–H groups in total. The molecular weight excluding hydrogens is 400 g/mol. The minimum Gasteiger partial charge on any atom is -0.454 e. The Kier molecular flexibility index (Phi) is 3.72. The van der Waals surface area contributed by atoms with Crippen molar-refractivity contribution in [2.24, 2.45) is 5.92 Å². The lowest BCUT2D eigenvalue weighted by molar-refractivity contribution is 0.0727. The van der Waals surface area contributed by atoms with Gasteiger partial charge in [0.05, 0.1) is 5.69 Å². The zero-order valence-corrected chi connectivity index (χ0v) is 18.3. The number of benzene rings is 1. The topological polar surface area (TPSA) is 73.2 Å². The van der Waals surface area contributed by atoms with Crippen LogP contribution in [0.1, 0.15) is 35.7 Å². The van der Waals surface area contributed by atoms with Gasteiger partial charge in [0.2, 0.25) is 0 Å². The molecule has 6 heteroatoms. The van der Waals surface area contributed by atoms with Crippen molar-refractivity contribution in [1.29, 1.82) is 0 Å². The van der Waals surface area contributed by atoms with Crippen LogP contribution in [0.3, 0.4) is 0 Å². The first-order chi connectivity index (χ1) is 15.6. The normalized spacial score (nSPS) is 24.4. The fourth-order valence-electron chi connectivity index (χ4n) is 5.46. The number of likely N-dealkylation sites (tertiary alicyclic amines) is 1. The van der Waals surface area contributed by atoms with E-state index in [1.807, 2.05) is 35.4 Å². The van der Waals surface area contributed by atoms with Crippen molar-refractivity contribution in [2.75, 3.05) is 6.54 Å². The van der Waals surface area contributed by atoms with Crippen LogP contribution in [0.5, 0.6) is 0 Å². The van der Waals surface area contributed by atoms with Crippen LogP contribution in [-0.4, -0.2) is 45.0 Å². The van der Waals surface area contributed by atoms with Crippen molar-refractivity contribution >= 4 is 27.9 Å². The summed E-state index contributed by atoms with van der Waals surface area (Å²) in [4.78, 5) is 19.8. The molecular formula is C26H26N4O2. The fourth-order valence-corrected chi connectivity index (χ4v) is 5.46. The highest BCUT2D eigenvalue weighted by Crippen LogP contribution is 2.39. The van der Waals surface area contributed by atoms with Crippen LogP contribution in [0.4, 0.5) is 0 Å². The Morgan fingerprint density at radius 2 is 2.12 bits per heavy atom. The number of amides is 1. The van der Waals surface area contributed by atoms with E-state index in [1.54, 1.807) is 0 Å². The first-order valence-electron chi connectivity index (χ1n) is 11.6. The Balaban J connectivity index is 1.31. The molecule has 162 valence electrons. The summed E-state index contributed by atoms with van der Waals surface area (Å²) in [5, 5.41) is 5.62. The largest absolute Gasteiger partial charge is 0.454 e. The molecule has 3 atom stereocenters. The minimum atomic E-state index is 0.0936. The highest BCUT2D eigenvalue weighted by molar-refractivity contribution is 5.99. The number of pyridine rings is 1. The molecule has 1 aliphatic carbocycles. The summed E-state index contributed by atoms with van der Waals surface area (Å²) >= 11 is 0. The van der Waals surface area contributed by atoms with E-state index in [0.29, 0.717) is 17.6 Å². The number of aryl methyl sites for hydroxylation is 1. The van der Waals surface area contributed by atoms with Crippen LogP contribution in [0.2, 0.25) is 0 Å². The number of fused-ring (bicyclic) bond motifs is 3. The molecule has 2 saturated heterocycles. The molecule has 2 aliphatic heterocycles. The Hall–Kier alpha value is -3.12. The maximum absolute atomic E-state index is 13.2. The van der Waals surface area contributed by atoms with Crippen LogP contribution in [-0.2, 0) is 6.54 Å². The molecule has 4 aromatic rings. The molecule has 0 spiro atoms. The molecule has 3 aliphatic rings. The summed E-state index contributed by atoms with van der Waals surface area (Å²) in [6.45, 7) is 6.00. The summed E-state index contributed by atoms with van der Waals surface area (Å²) in [5.41, 5.74) is 4.67. The second kappa shape index (κ2) is 6.45. The molecule has 3 fully saturated rings. The third-order valence-corrected chi connectivity index (χ3v) is 7.61. The summed E-state index contributed by atoms with van der Waals surface area (Å²) in [5.74, 6) is 1.70. The molecule has 0 bridgehead atoms. The number of piperazine rings is 1. The molecule has 32 heavy (non-hydrogen) atoms.